The molecule has 3 rings (SSSR count). The molecule has 0 bridgehead atoms. The van der Waals surface area contributed by atoms with Crippen molar-refractivity contribution in [1.82, 2.24) is 0 Å². The molecule has 162 valence electrons. The number of rotatable bonds is 9. The molecule has 0 unspecified atom stereocenters. The van der Waals surface area contributed by atoms with Crippen molar-refractivity contribution < 1.29 is 4.79 Å². The van der Waals surface area contributed by atoms with Gasteiger partial charge in [-0.3, -0.25) is 4.79 Å². The fourth-order valence-electron chi connectivity index (χ4n) is 3.99. The molecule has 1 N–H and O–H groups in total. The van der Waals surface area contributed by atoms with Crippen LogP contribution >= 0.6 is 0 Å². The van der Waals surface area contributed by atoms with Crippen molar-refractivity contribution in [1.29, 1.82) is 0 Å². The summed E-state index contributed by atoms with van der Waals surface area (Å²) >= 11 is 0. The highest BCUT2D eigenvalue weighted by Crippen LogP contribution is 2.28. The van der Waals surface area contributed by atoms with E-state index in [9.17, 15) is 4.79 Å². The zero-order valence-corrected chi connectivity index (χ0v) is 19.5. The van der Waals surface area contributed by atoms with Gasteiger partial charge in [-0.15, -0.1) is 0 Å². The second-order valence-corrected chi connectivity index (χ2v) is 9.39. The van der Waals surface area contributed by atoms with E-state index in [-0.39, 0.29) is 11.8 Å². The van der Waals surface area contributed by atoms with Crippen LogP contribution in [0.1, 0.15) is 73.3 Å². The number of benzene rings is 3. The Morgan fingerprint density at radius 3 is 1.65 bits per heavy atom. The van der Waals surface area contributed by atoms with Crippen LogP contribution in [0.4, 0.5) is 5.69 Å². The van der Waals surface area contributed by atoms with Crippen LogP contribution in [0, 0.1) is 11.8 Å². The lowest BCUT2D eigenvalue weighted by Gasteiger charge is -2.22. The number of carbonyl (C=O) groups excluding carboxylic acids is 1. The van der Waals surface area contributed by atoms with Gasteiger partial charge in [-0.05, 0) is 66.0 Å². The van der Waals surface area contributed by atoms with E-state index in [2.05, 4.69) is 81.5 Å². The topological polar surface area (TPSA) is 29.1 Å². The van der Waals surface area contributed by atoms with E-state index < -0.39 is 0 Å². The maximum Gasteiger partial charge on any atom is 0.159 e. The number of hydrogen-bond acceptors (Lipinski definition) is 2. The molecule has 0 saturated carbocycles. The third-order valence-corrected chi connectivity index (χ3v) is 5.49. The van der Waals surface area contributed by atoms with Crippen LogP contribution < -0.4 is 5.32 Å². The summed E-state index contributed by atoms with van der Waals surface area (Å²) in [4.78, 5) is 11.8. The predicted molar refractivity (Wildman–Crippen MR) is 132 cm³/mol. The fraction of sp³-hybridized carbons (Fsp3) is 0.345. The summed E-state index contributed by atoms with van der Waals surface area (Å²) in [6.45, 7) is 10.6. The molecule has 0 spiro atoms. The van der Waals surface area contributed by atoms with E-state index in [0.29, 0.717) is 11.8 Å². The zero-order valence-electron chi connectivity index (χ0n) is 19.5. The Kier molecular flexibility index (Phi) is 7.68. The fourth-order valence-corrected chi connectivity index (χ4v) is 3.99. The molecular weight excluding hydrogens is 378 g/mol. The van der Waals surface area contributed by atoms with E-state index in [1.165, 1.54) is 22.3 Å². The minimum atomic E-state index is 0.0170. The van der Waals surface area contributed by atoms with Gasteiger partial charge in [-0.2, -0.15) is 0 Å². The minimum Gasteiger partial charge on any atom is -0.374 e. The van der Waals surface area contributed by atoms with Gasteiger partial charge in [0, 0.05) is 11.3 Å². The van der Waals surface area contributed by atoms with E-state index in [1.807, 2.05) is 24.3 Å². The van der Waals surface area contributed by atoms with E-state index in [1.54, 1.807) is 6.92 Å². The lowest BCUT2D eigenvalue weighted by molar-refractivity contribution is 0.101. The summed E-state index contributed by atoms with van der Waals surface area (Å²) in [5, 5.41) is 3.68. The van der Waals surface area contributed by atoms with Gasteiger partial charge in [0.05, 0.1) is 6.04 Å². The first kappa shape index (κ1) is 22.8. The van der Waals surface area contributed by atoms with Crippen molar-refractivity contribution in [2.75, 3.05) is 5.32 Å². The lowest BCUT2D eigenvalue weighted by atomic mass is 9.93. The molecule has 3 aromatic carbocycles. The van der Waals surface area contributed by atoms with Crippen molar-refractivity contribution in [3.05, 3.63) is 101 Å². The van der Waals surface area contributed by atoms with Gasteiger partial charge in [0.15, 0.2) is 5.78 Å². The summed E-state index contributed by atoms with van der Waals surface area (Å²) in [7, 11) is 0. The highest BCUT2D eigenvalue weighted by atomic mass is 16.1. The molecule has 0 fully saturated rings. The molecule has 0 amide bonds. The van der Waals surface area contributed by atoms with Crippen LogP contribution in [0.25, 0.3) is 0 Å². The van der Waals surface area contributed by atoms with E-state index in [4.69, 9.17) is 0 Å². The third kappa shape index (κ3) is 6.55. The lowest BCUT2D eigenvalue weighted by Crippen LogP contribution is -2.13. The number of anilines is 1. The van der Waals surface area contributed by atoms with Gasteiger partial charge in [0.2, 0.25) is 0 Å². The molecule has 0 aliphatic rings. The quantitative estimate of drug-likeness (QED) is 0.368. The Bertz CT molecular complexity index is 931. The first-order valence-electron chi connectivity index (χ1n) is 11.4. The zero-order chi connectivity index (χ0) is 22.4. The van der Waals surface area contributed by atoms with Crippen LogP contribution in [0.5, 0.6) is 0 Å². The number of hydrogen-bond donors (Lipinski definition) is 1. The van der Waals surface area contributed by atoms with Crippen molar-refractivity contribution >= 4 is 11.5 Å². The molecule has 3 aromatic rings. The van der Waals surface area contributed by atoms with E-state index in [0.717, 1.165) is 24.1 Å². The van der Waals surface area contributed by atoms with Gasteiger partial charge in [-0.25, -0.2) is 0 Å². The number of Topliss-reactive ketones (excluding diaryl/α,β-unsaturated/α-hetero) is 1. The second kappa shape index (κ2) is 10.4. The first-order valence-corrected chi connectivity index (χ1v) is 11.4. The van der Waals surface area contributed by atoms with Gasteiger partial charge in [0.25, 0.3) is 0 Å². The Hall–Kier alpha value is -2.87. The van der Waals surface area contributed by atoms with Crippen molar-refractivity contribution in [2.45, 2.75) is 53.5 Å². The number of carbonyl (C=O) groups is 1. The largest absolute Gasteiger partial charge is 0.374 e. The van der Waals surface area contributed by atoms with Crippen LogP contribution in [-0.4, -0.2) is 5.78 Å². The van der Waals surface area contributed by atoms with Crippen molar-refractivity contribution in [3.8, 4) is 0 Å². The highest BCUT2D eigenvalue weighted by molar-refractivity contribution is 5.94. The Balaban J connectivity index is 1.93. The third-order valence-electron chi connectivity index (χ3n) is 5.49. The minimum absolute atomic E-state index is 0.0170. The number of nitrogens with one attached hydrogen (secondary N) is 1. The summed E-state index contributed by atoms with van der Waals surface area (Å²) < 4.78 is 0. The van der Waals surface area contributed by atoms with Crippen molar-refractivity contribution in [2.24, 2.45) is 11.8 Å². The van der Waals surface area contributed by atoms with Crippen LogP contribution in [0.15, 0.2) is 72.8 Å². The average molecular weight is 414 g/mol. The van der Waals surface area contributed by atoms with Crippen LogP contribution in [0.2, 0.25) is 0 Å². The van der Waals surface area contributed by atoms with Crippen molar-refractivity contribution in [3.63, 3.8) is 0 Å². The molecule has 2 nitrogen and oxygen atoms in total. The molecule has 31 heavy (non-hydrogen) atoms. The second-order valence-electron chi connectivity index (χ2n) is 9.39. The Morgan fingerprint density at radius 2 is 1.23 bits per heavy atom. The average Bonchev–Trinajstić information content (AvgIpc) is 2.73. The summed E-state index contributed by atoms with van der Waals surface area (Å²) in [5.41, 5.74) is 6.85. The smallest absolute Gasteiger partial charge is 0.159 e. The van der Waals surface area contributed by atoms with Crippen LogP contribution in [0.3, 0.4) is 0 Å². The predicted octanol–water partition coefficient (Wildman–Crippen LogP) is 7.49. The monoisotopic (exact) mass is 413 g/mol. The maximum absolute atomic E-state index is 11.8. The molecule has 0 heterocycles. The van der Waals surface area contributed by atoms with Crippen LogP contribution in [-0.2, 0) is 12.8 Å². The first-order chi connectivity index (χ1) is 14.8. The number of ketones is 1. The maximum atomic E-state index is 11.8. The molecule has 0 atom stereocenters. The van der Waals surface area contributed by atoms with Gasteiger partial charge >= 0.3 is 0 Å². The Labute approximate surface area is 187 Å². The summed E-state index contributed by atoms with van der Waals surface area (Å²) in [6.07, 6.45) is 2.17. The van der Waals surface area contributed by atoms with Gasteiger partial charge in [0.1, 0.15) is 0 Å². The molecule has 0 radical (unpaired) electrons. The summed E-state index contributed by atoms with van der Waals surface area (Å²) in [5.74, 6) is 1.36. The molecule has 0 aliphatic carbocycles. The highest BCUT2D eigenvalue weighted by Gasteiger charge is 2.15. The molecule has 0 aromatic heterocycles. The normalized spacial score (nSPS) is 11.4. The molecular formula is C29H35NO. The van der Waals surface area contributed by atoms with E-state index >= 15 is 0 Å². The molecule has 2 heteroatoms. The Morgan fingerprint density at radius 1 is 0.742 bits per heavy atom. The summed E-state index contributed by atoms with van der Waals surface area (Å²) in [6, 6.07) is 25.7. The SMILES string of the molecule is CC(=O)c1cccc(NC(c2ccc(CC(C)C)cc2)c2ccc(CC(C)C)cc2)c1. The molecule has 0 saturated heterocycles. The van der Waals surface area contributed by atoms with Gasteiger partial charge < -0.3 is 5.32 Å². The standard InChI is InChI=1S/C29H35NO/c1-20(2)17-23-9-13-25(14-10-23)29(26-15-11-24(12-16-26)18-21(3)4)30-28-8-6-7-27(19-28)22(5)31/h6-16,19-21,29-30H,17-18H2,1-5H3. The molecule has 0 aliphatic heterocycles. The van der Waals surface area contributed by atoms with Gasteiger partial charge in [-0.1, -0.05) is 88.4 Å².